The summed E-state index contributed by atoms with van der Waals surface area (Å²) in [6.45, 7) is 0. The second kappa shape index (κ2) is 754. The van der Waals surface area contributed by atoms with Crippen LogP contribution >= 0.6 is 12.4 Å². The van der Waals surface area contributed by atoms with E-state index < -0.39 is 0 Å². The molecule has 0 aliphatic heterocycles. The van der Waals surface area contributed by atoms with E-state index in [1.165, 1.54) is 0 Å². The number of rotatable bonds is 0. The monoisotopic (exact) mass is 208 g/mol. The number of hydrogen-bond acceptors (Lipinski definition) is 0. The van der Waals surface area contributed by atoms with Crippen LogP contribution in [0.4, 0.5) is 0 Å². The molecule has 8 heavy (non-hydrogen) atoms. The van der Waals surface area contributed by atoms with Gasteiger partial charge in [-0.25, -0.2) is 0 Å². The van der Waals surface area contributed by atoms with Gasteiger partial charge in [0, 0.05) is 19.5 Å². The largest absolute Gasteiger partial charge is 0.412 e. The van der Waals surface area contributed by atoms with Gasteiger partial charge in [0.25, 0.3) is 0 Å². The maximum Gasteiger partial charge on any atom is 0 e. The van der Waals surface area contributed by atoms with E-state index in [9.17, 15) is 0 Å². The van der Waals surface area contributed by atoms with Crippen molar-refractivity contribution in [3.63, 3.8) is 0 Å². The molecule has 0 unspecified atom stereocenters. The third-order valence-electron chi connectivity index (χ3n) is 0. The quantitative estimate of drug-likeness (QED) is 0.348. The Morgan fingerprint density at radius 2 is 0.375 bits per heavy atom. The Labute approximate surface area is 65.3 Å². The Kier molecular flexibility index (Phi) is 106000. The second-order valence-corrected chi connectivity index (χ2v) is 0. The van der Waals surface area contributed by atoms with Crippen molar-refractivity contribution in [2.75, 3.05) is 0 Å². The van der Waals surface area contributed by atoms with Crippen LogP contribution in [0, 0.1) is 0 Å². The van der Waals surface area contributed by atoms with Crippen LogP contribution in [0.25, 0.3) is 0 Å². The van der Waals surface area contributed by atoms with Gasteiger partial charge in [0.2, 0.25) is 0 Å². The summed E-state index contributed by atoms with van der Waals surface area (Å²) in [6.07, 6.45) is 0. The van der Waals surface area contributed by atoms with Crippen LogP contribution in [0.3, 0.4) is 0 Å². The molecule has 0 saturated heterocycles. The predicted octanol–water partition coefficient (Wildman–Crippen LogP) is -4.53. The molecule has 0 bridgehead atoms. The zero-order valence-electron chi connectivity index (χ0n) is 4.12. The molecule has 0 aromatic heterocycles. The van der Waals surface area contributed by atoms with E-state index >= 15 is 0 Å². The molecule has 0 radical (unpaired) electrons. The summed E-state index contributed by atoms with van der Waals surface area (Å²) in [5.74, 6) is 0. The van der Waals surface area contributed by atoms with Crippen LogP contribution in [-0.2, 0) is 19.5 Å². The van der Waals surface area contributed by atoms with E-state index in [1.54, 1.807) is 0 Å². The average Bonchev–Trinajstić information content (AvgIpc) is 0. The molecule has 0 aliphatic rings. The van der Waals surface area contributed by atoms with Crippen LogP contribution in [0.15, 0.2) is 0 Å². The van der Waals surface area contributed by atoms with Crippen LogP contribution < -0.4 is 0 Å². The maximum absolute atomic E-state index is 0. The Hall–Kier alpha value is 0.673. The standard InChI is InChI=1S/ClH.6H2O.Zn/h1H;6*1H2;. The van der Waals surface area contributed by atoms with Gasteiger partial charge < -0.3 is 32.9 Å². The van der Waals surface area contributed by atoms with Crippen LogP contribution in [0.1, 0.15) is 0 Å². The van der Waals surface area contributed by atoms with Crippen molar-refractivity contribution in [3.8, 4) is 0 Å². The van der Waals surface area contributed by atoms with Gasteiger partial charge in [0.1, 0.15) is 0 Å². The van der Waals surface area contributed by atoms with Gasteiger partial charge in [-0.15, -0.1) is 12.4 Å². The average molecular weight is 210 g/mol. The van der Waals surface area contributed by atoms with Crippen LogP contribution in [-0.4, -0.2) is 32.9 Å². The number of hydrogen-bond donors (Lipinski definition) is 0. The third-order valence-corrected chi connectivity index (χ3v) is 0. The Bertz CT molecular complexity index is 8.49. The van der Waals surface area contributed by atoms with Gasteiger partial charge >= 0.3 is 0 Å². The Morgan fingerprint density at radius 3 is 0.375 bits per heavy atom. The molecule has 0 rings (SSSR count). The molecular formula is H13ClO6Zn. The van der Waals surface area contributed by atoms with Crippen molar-refractivity contribution in [2.45, 2.75) is 0 Å². The number of halogens is 1. The molecule has 0 fully saturated rings. The fourth-order valence-corrected chi connectivity index (χ4v) is 0. The molecule has 0 spiro atoms. The van der Waals surface area contributed by atoms with E-state index in [2.05, 4.69) is 0 Å². The first-order valence-electron chi connectivity index (χ1n) is 0. The first-order chi connectivity index (χ1) is 0. The molecule has 0 saturated carbocycles. The Morgan fingerprint density at radius 1 is 0.375 bits per heavy atom. The van der Waals surface area contributed by atoms with Crippen LogP contribution in [0.5, 0.6) is 0 Å². The van der Waals surface area contributed by atoms with Crippen molar-refractivity contribution in [1.29, 1.82) is 0 Å². The first kappa shape index (κ1) is 1130. The first-order valence-corrected chi connectivity index (χ1v) is 0. The summed E-state index contributed by atoms with van der Waals surface area (Å²) < 4.78 is 0. The van der Waals surface area contributed by atoms with E-state index in [1.807, 2.05) is 0 Å². The van der Waals surface area contributed by atoms with E-state index in [0.717, 1.165) is 0 Å². The van der Waals surface area contributed by atoms with Gasteiger partial charge in [0.15, 0.2) is 0 Å². The van der Waals surface area contributed by atoms with Crippen molar-refractivity contribution in [3.05, 3.63) is 0 Å². The zero-order valence-corrected chi connectivity index (χ0v) is 7.90. The van der Waals surface area contributed by atoms with Crippen molar-refractivity contribution in [2.24, 2.45) is 0 Å². The van der Waals surface area contributed by atoms with Crippen molar-refractivity contribution < 1.29 is 52.3 Å². The molecule has 12 N–H and O–H groups in total. The summed E-state index contributed by atoms with van der Waals surface area (Å²) in [4.78, 5) is 0. The molecule has 0 atom stereocenters. The fourth-order valence-electron chi connectivity index (χ4n) is 0. The molecule has 0 amide bonds. The molecule has 0 aromatic rings. The molecule has 0 aromatic carbocycles. The molecule has 58 valence electrons. The molecule has 0 aliphatic carbocycles. The van der Waals surface area contributed by atoms with Gasteiger partial charge in [-0.3, -0.25) is 0 Å². The van der Waals surface area contributed by atoms with Gasteiger partial charge in [0.05, 0.1) is 0 Å². The van der Waals surface area contributed by atoms with Gasteiger partial charge in [-0.1, -0.05) is 0 Å². The topological polar surface area (TPSA) is 189 Å². The van der Waals surface area contributed by atoms with Gasteiger partial charge in [-0.2, -0.15) is 0 Å². The summed E-state index contributed by atoms with van der Waals surface area (Å²) >= 11 is 0. The van der Waals surface area contributed by atoms with Crippen molar-refractivity contribution >= 4 is 12.4 Å². The van der Waals surface area contributed by atoms with E-state index in [4.69, 9.17) is 0 Å². The summed E-state index contributed by atoms with van der Waals surface area (Å²) in [6, 6.07) is 0. The summed E-state index contributed by atoms with van der Waals surface area (Å²) in [7, 11) is 0. The normalized spacial score (nSPS) is 0. The summed E-state index contributed by atoms with van der Waals surface area (Å²) in [5, 5.41) is 0. The minimum atomic E-state index is 0. The second-order valence-electron chi connectivity index (χ2n) is 0. The predicted molar refractivity (Wildman–Crippen MR) is 28.9 cm³/mol. The minimum absolute atomic E-state index is 0. The molecule has 6 nitrogen and oxygen atoms in total. The van der Waals surface area contributed by atoms with Gasteiger partial charge in [-0.05, 0) is 0 Å². The Balaban J connectivity index is 0. The van der Waals surface area contributed by atoms with Crippen molar-refractivity contribution in [1.82, 2.24) is 0 Å². The molecule has 8 heteroatoms. The van der Waals surface area contributed by atoms with E-state index in [-0.39, 0.29) is 64.7 Å². The zero-order chi connectivity index (χ0) is 0. The van der Waals surface area contributed by atoms with Crippen LogP contribution in [0.2, 0.25) is 0 Å². The maximum atomic E-state index is 0. The fraction of sp³-hybridized carbons (Fsp3) is 0. The minimum Gasteiger partial charge on any atom is -0.412 e. The molecular weight excluding hydrogens is 197 g/mol. The van der Waals surface area contributed by atoms with E-state index in [0.29, 0.717) is 0 Å². The SMILES string of the molecule is Cl.O.O.O.O.O.O.[Zn]. The third kappa shape index (κ3) is 474. The smallest absolute Gasteiger partial charge is 0 e. The summed E-state index contributed by atoms with van der Waals surface area (Å²) in [5.41, 5.74) is 0. The molecule has 0 heterocycles.